The van der Waals surface area contributed by atoms with Crippen molar-refractivity contribution >= 4 is 27.6 Å². The standard InChI is InChI=1S/C13H16BrNO4/c1-18-12-6-8(2-4-10(12)14)15-7-9-3-5-11(19-9)13(16)17/h2,4,6,9,11,15H,3,5,7H2,1H3,(H,16,17). The molecule has 2 rings (SSSR count). The van der Waals surface area contributed by atoms with Crippen molar-refractivity contribution in [2.45, 2.75) is 25.0 Å². The second-order valence-corrected chi connectivity index (χ2v) is 5.25. The van der Waals surface area contributed by atoms with E-state index in [-0.39, 0.29) is 6.10 Å². The number of ether oxygens (including phenoxy) is 2. The molecule has 2 atom stereocenters. The summed E-state index contributed by atoms with van der Waals surface area (Å²) in [5.74, 6) is -0.131. The Labute approximate surface area is 120 Å². The minimum absolute atomic E-state index is 0.0595. The summed E-state index contributed by atoms with van der Waals surface area (Å²) >= 11 is 3.39. The Bertz CT molecular complexity index is 466. The first-order chi connectivity index (χ1) is 9.10. The summed E-state index contributed by atoms with van der Waals surface area (Å²) in [6.45, 7) is 0.592. The molecule has 2 N–H and O–H groups in total. The predicted octanol–water partition coefficient (Wildman–Crippen LogP) is 2.50. The van der Waals surface area contributed by atoms with E-state index in [1.165, 1.54) is 0 Å². The molecule has 1 aliphatic rings. The van der Waals surface area contributed by atoms with Crippen LogP contribution in [0.5, 0.6) is 5.75 Å². The molecule has 104 valence electrons. The van der Waals surface area contributed by atoms with Crippen molar-refractivity contribution in [2.24, 2.45) is 0 Å². The third kappa shape index (κ3) is 3.61. The molecule has 1 saturated heterocycles. The third-order valence-corrected chi connectivity index (χ3v) is 3.72. The maximum absolute atomic E-state index is 10.8. The average molecular weight is 330 g/mol. The molecule has 1 aromatic rings. The van der Waals surface area contributed by atoms with E-state index in [2.05, 4.69) is 21.2 Å². The highest BCUT2D eigenvalue weighted by atomic mass is 79.9. The van der Waals surface area contributed by atoms with E-state index < -0.39 is 12.1 Å². The molecule has 2 unspecified atom stereocenters. The smallest absolute Gasteiger partial charge is 0.332 e. The van der Waals surface area contributed by atoms with Gasteiger partial charge in [0.1, 0.15) is 5.75 Å². The maximum Gasteiger partial charge on any atom is 0.332 e. The molecule has 0 radical (unpaired) electrons. The molecule has 0 amide bonds. The van der Waals surface area contributed by atoms with Crippen LogP contribution >= 0.6 is 15.9 Å². The first-order valence-electron chi connectivity index (χ1n) is 6.06. The molecule has 5 nitrogen and oxygen atoms in total. The van der Waals surface area contributed by atoms with E-state index in [1.54, 1.807) is 7.11 Å². The van der Waals surface area contributed by atoms with E-state index in [0.717, 1.165) is 22.3 Å². The lowest BCUT2D eigenvalue weighted by Crippen LogP contribution is -2.24. The molecule has 1 heterocycles. The number of methoxy groups -OCH3 is 1. The minimum Gasteiger partial charge on any atom is -0.495 e. The quantitative estimate of drug-likeness (QED) is 0.868. The van der Waals surface area contributed by atoms with Gasteiger partial charge in [-0.1, -0.05) is 0 Å². The van der Waals surface area contributed by atoms with Crippen molar-refractivity contribution in [3.05, 3.63) is 22.7 Å². The molecule has 0 aromatic heterocycles. The van der Waals surface area contributed by atoms with Crippen LogP contribution in [-0.2, 0) is 9.53 Å². The fraction of sp³-hybridized carbons (Fsp3) is 0.462. The van der Waals surface area contributed by atoms with E-state index in [9.17, 15) is 4.79 Å². The number of halogens is 1. The number of hydrogen-bond donors (Lipinski definition) is 2. The molecule has 19 heavy (non-hydrogen) atoms. The average Bonchev–Trinajstić information content (AvgIpc) is 2.87. The van der Waals surface area contributed by atoms with Gasteiger partial charge in [0.15, 0.2) is 6.10 Å². The largest absolute Gasteiger partial charge is 0.495 e. The summed E-state index contributed by atoms with van der Waals surface area (Å²) < 4.78 is 11.5. The lowest BCUT2D eigenvalue weighted by molar-refractivity contribution is -0.149. The van der Waals surface area contributed by atoms with Gasteiger partial charge in [0, 0.05) is 18.3 Å². The predicted molar refractivity (Wildman–Crippen MR) is 74.7 cm³/mol. The zero-order valence-electron chi connectivity index (χ0n) is 10.6. The number of rotatable bonds is 5. The van der Waals surface area contributed by atoms with Gasteiger partial charge in [-0.05, 0) is 40.9 Å². The SMILES string of the molecule is COc1cc(NCC2CCC(C(=O)O)O2)ccc1Br. The van der Waals surface area contributed by atoms with Crippen LogP contribution in [0.15, 0.2) is 22.7 Å². The third-order valence-electron chi connectivity index (χ3n) is 3.07. The van der Waals surface area contributed by atoms with Crippen LogP contribution in [0.25, 0.3) is 0 Å². The van der Waals surface area contributed by atoms with Gasteiger partial charge in [0.05, 0.1) is 17.7 Å². The van der Waals surface area contributed by atoms with Crippen LogP contribution in [0.2, 0.25) is 0 Å². The Morgan fingerprint density at radius 3 is 3.00 bits per heavy atom. The van der Waals surface area contributed by atoms with Crippen LogP contribution < -0.4 is 10.1 Å². The first kappa shape index (κ1) is 14.1. The van der Waals surface area contributed by atoms with Crippen molar-refractivity contribution in [2.75, 3.05) is 19.0 Å². The van der Waals surface area contributed by atoms with E-state index in [0.29, 0.717) is 13.0 Å². The molecule has 6 heteroatoms. The van der Waals surface area contributed by atoms with Gasteiger partial charge in [0.25, 0.3) is 0 Å². The van der Waals surface area contributed by atoms with E-state index >= 15 is 0 Å². The van der Waals surface area contributed by atoms with Gasteiger partial charge in [-0.15, -0.1) is 0 Å². The lowest BCUT2D eigenvalue weighted by atomic mass is 10.2. The molecule has 0 bridgehead atoms. The van der Waals surface area contributed by atoms with Gasteiger partial charge in [0.2, 0.25) is 0 Å². The molecule has 0 saturated carbocycles. The number of carboxylic acids is 1. The fourth-order valence-electron chi connectivity index (χ4n) is 2.04. The van der Waals surface area contributed by atoms with Gasteiger partial charge in [-0.2, -0.15) is 0 Å². The van der Waals surface area contributed by atoms with E-state index in [4.69, 9.17) is 14.6 Å². The van der Waals surface area contributed by atoms with Crippen molar-refractivity contribution in [3.8, 4) is 5.75 Å². The summed E-state index contributed by atoms with van der Waals surface area (Å²) in [6.07, 6.45) is 0.616. The number of carbonyl (C=O) groups is 1. The summed E-state index contributed by atoms with van der Waals surface area (Å²) in [5, 5.41) is 12.1. The molecule has 1 aliphatic heterocycles. The van der Waals surface area contributed by atoms with Crippen molar-refractivity contribution in [1.29, 1.82) is 0 Å². The molecule has 0 aliphatic carbocycles. The van der Waals surface area contributed by atoms with Crippen LogP contribution in [-0.4, -0.2) is 36.9 Å². The molecule has 1 fully saturated rings. The Morgan fingerprint density at radius 1 is 1.58 bits per heavy atom. The minimum atomic E-state index is -0.882. The Hall–Kier alpha value is -1.27. The van der Waals surface area contributed by atoms with Gasteiger partial charge < -0.3 is 19.9 Å². The maximum atomic E-state index is 10.8. The summed E-state index contributed by atoms with van der Waals surface area (Å²) in [7, 11) is 1.61. The normalized spacial score (nSPS) is 22.2. The molecule has 1 aromatic carbocycles. The zero-order valence-corrected chi connectivity index (χ0v) is 12.1. The highest BCUT2D eigenvalue weighted by molar-refractivity contribution is 9.10. The zero-order chi connectivity index (χ0) is 13.8. The monoisotopic (exact) mass is 329 g/mol. The topological polar surface area (TPSA) is 67.8 Å². The fourth-order valence-corrected chi connectivity index (χ4v) is 2.45. The van der Waals surface area contributed by atoms with Crippen LogP contribution in [0.1, 0.15) is 12.8 Å². The number of benzene rings is 1. The van der Waals surface area contributed by atoms with E-state index in [1.807, 2.05) is 18.2 Å². The number of hydrogen-bond acceptors (Lipinski definition) is 4. The van der Waals surface area contributed by atoms with Gasteiger partial charge >= 0.3 is 5.97 Å². The summed E-state index contributed by atoms with van der Waals surface area (Å²) in [5.41, 5.74) is 0.919. The Kier molecular flexibility index (Phi) is 4.66. The Morgan fingerprint density at radius 2 is 2.37 bits per heavy atom. The lowest BCUT2D eigenvalue weighted by Gasteiger charge is -2.14. The molecular weight excluding hydrogens is 314 g/mol. The Balaban J connectivity index is 1.88. The van der Waals surface area contributed by atoms with Crippen LogP contribution in [0.4, 0.5) is 5.69 Å². The number of carboxylic acid groups (broad SMARTS) is 1. The van der Waals surface area contributed by atoms with Gasteiger partial charge in [-0.3, -0.25) is 0 Å². The summed E-state index contributed by atoms with van der Waals surface area (Å²) in [6, 6.07) is 5.71. The highest BCUT2D eigenvalue weighted by Gasteiger charge is 2.30. The van der Waals surface area contributed by atoms with Crippen LogP contribution in [0, 0.1) is 0 Å². The first-order valence-corrected chi connectivity index (χ1v) is 6.85. The van der Waals surface area contributed by atoms with Crippen molar-refractivity contribution < 1.29 is 19.4 Å². The number of aliphatic carboxylic acids is 1. The second kappa shape index (κ2) is 6.25. The second-order valence-electron chi connectivity index (χ2n) is 4.39. The molecular formula is C13H16BrNO4. The number of anilines is 1. The summed E-state index contributed by atoms with van der Waals surface area (Å²) in [4.78, 5) is 10.8. The molecule has 0 spiro atoms. The van der Waals surface area contributed by atoms with Gasteiger partial charge in [-0.25, -0.2) is 4.79 Å². The highest BCUT2D eigenvalue weighted by Crippen LogP contribution is 2.28. The van der Waals surface area contributed by atoms with Crippen molar-refractivity contribution in [3.63, 3.8) is 0 Å². The van der Waals surface area contributed by atoms with Crippen molar-refractivity contribution in [1.82, 2.24) is 0 Å². The number of nitrogens with one attached hydrogen (secondary N) is 1. The van der Waals surface area contributed by atoms with Crippen LogP contribution in [0.3, 0.4) is 0 Å².